The molecule has 0 radical (unpaired) electrons. The fourth-order valence-corrected chi connectivity index (χ4v) is 4.59. The lowest BCUT2D eigenvalue weighted by Gasteiger charge is -2.40. The number of carbonyl (C=O) groups is 4. The molecule has 2 heterocycles. The number of morpholine rings is 1. The van der Waals surface area contributed by atoms with Gasteiger partial charge in [0.25, 0.3) is 11.8 Å². The maximum absolute atomic E-state index is 13.0. The average molecular weight is 424 g/mol. The Morgan fingerprint density at radius 2 is 1.90 bits per heavy atom. The molecule has 9 heteroatoms. The quantitative estimate of drug-likeness (QED) is 0.540. The molecule has 1 unspecified atom stereocenters. The first kappa shape index (κ1) is 22.5. The van der Waals surface area contributed by atoms with Gasteiger partial charge in [-0.1, -0.05) is 20.8 Å². The molecule has 0 bridgehead atoms. The Bertz CT molecular complexity index is 708. The number of hydrogen-bond donors (Lipinski definition) is 1. The Morgan fingerprint density at radius 1 is 1.23 bits per heavy atom. The van der Waals surface area contributed by atoms with Crippen LogP contribution in [0.4, 0.5) is 4.79 Å². The van der Waals surface area contributed by atoms with E-state index in [1.54, 1.807) is 4.90 Å². The molecular weight excluding hydrogens is 390 g/mol. The van der Waals surface area contributed by atoms with Crippen molar-refractivity contribution in [2.24, 2.45) is 11.3 Å². The predicted molar refractivity (Wildman–Crippen MR) is 107 cm³/mol. The monoisotopic (exact) mass is 423 g/mol. The third kappa shape index (κ3) is 4.77. The zero-order chi connectivity index (χ0) is 22.1. The van der Waals surface area contributed by atoms with E-state index < -0.39 is 30.7 Å². The first-order chi connectivity index (χ1) is 14.0. The number of ether oxygens (including phenoxy) is 2. The molecule has 1 N–H and O–H groups in total. The Kier molecular flexibility index (Phi) is 6.40. The second kappa shape index (κ2) is 8.53. The number of nitrogens with zero attached hydrogens (tertiary/aromatic N) is 2. The van der Waals surface area contributed by atoms with Crippen molar-refractivity contribution in [2.75, 3.05) is 32.8 Å². The van der Waals surface area contributed by atoms with Gasteiger partial charge >= 0.3 is 12.0 Å². The van der Waals surface area contributed by atoms with Gasteiger partial charge in [0.1, 0.15) is 12.1 Å². The summed E-state index contributed by atoms with van der Waals surface area (Å²) < 4.78 is 10.4. The summed E-state index contributed by atoms with van der Waals surface area (Å²) in [6.45, 7) is 8.88. The van der Waals surface area contributed by atoms with E-state index in [9.17, 15) is 19.2 Å². The van der Waals surface area contributed by atoms with Crippen molar-refractivity contribution in [1.82, 2.24) is 15.1 Å². The molecule has 3 aliphatic rings. The van der Waals surface area contributed by atoms with Crippen LogP contribution in [0.15, 0.2) is 0 Å². The third-order valence-electron chi connectivity index (χ3n) is 6.55. The Hall–Kier alpha value is -2.16. The number of amides is 4. The molecule has 1 atom stereocenters. The maximum atomic E-state index is 13.0. The van der Waals surface area contributed by atoms with Crippen molar-refractivity contribution < 1.29 is 28.7 Å². The lowest BCUT2D eigenvalue weighted by Crippen LogP contribution is -2.50. The number of imide groups is 1. The lowest BCUT2D eigenvalue weighted by atomic mass is 9.67. The smallest absolute Gasteiger partial charge is 0.326 e. The Labute approximate surface area is 177 Å². The summed E-state index contributed by atoms with van der Waals surface area (Å²) in [6, 6.07) is -0.570. The molecule has 0 aromatic rings. The van der Waals surface area contributed by atoms with Crippen LogP contribution in [-0.4, -0.2) is 78.1 Å². The van der Waals surface area contributed by atoms with E-state index in [1.165, 1.54) is 0 Å². The van der Waals surface area contributed by atoms with Gasteiger partial charge in [0.15, 0.2) is 6.61 Å². The molecule has 0 aromatic heterocycles. The van der Waals surface area contributed by atoms with Gasteiger partial charge in [-0.15, -0.1) is 0 Å². The number of nitrogens with one attached hydrogen (secondary N) is 1. The van der Waals surface area contributed by atoms with Crippen LogP contribution >= 0.6 is 0 Å². The van der Waals surface area contributed by atoms with Gasteiger partial charge in [0, 0.05) is 13.1 Å². The van der Waals surface area contributed by atoms with Crippen LogP contribution in [0.3, 0.4) is 0 Å². The van der Waals surface area contributed by atoms with Crippen molar-refractivity contribution in [3.05, 3.63) is 0 Å². The molecule has 1 saturated carbocycles. The lowest BCUT2D eigenvalue weighted by molar-refractivity contribution is -0.156. The van der Waals surface area contributed by atoms with Crippen molar-refractivity contribution >= 4 is 23.8 Å². The molecule has 3 rings (SSSR count). The van der Waals surface area contributed by atoms with Crippen LogP contribution in [0.5, 0.6) is 0 Å². The molecule has 2 saturated heterocycles. The van der Waals surface area contributed by atoms with Crippen LogP contribution in [-0.2, 0) is 23.9 Å². The highest BCUT2D eigenvalue weighted by atomic mass is 16.5. The first-order valence-electron chi connectivity index (χ1n) is 10.7. The summed E-state index contributed by atoms with van der Waals surface area (Å²) in [7, 11) is 0. The normalized spacial score (nSPS) is 29.9. The zero-order valence-electron chi connectivity index (χ0n) is 18.4. The Morgan fingerprint density at radius 3 is 2.50 bits per heavy atom. The SMILES string of the molecule is CC1CN(C(=O)COC(=O)CN2C(=O)NC3(CCC(C(C)(C)C)CC3)C2=O)CCO1. The summed E-state index contributed by atoms with van der Waals surface area (Å²) in [6.07, 6.45) is 2.77. The summed E-state index contributed by atoms with van der Waals surface area (Å²) >= 11 is 0. The molecule has 30 heavy (non-hydrogen) atoms. The fraction of sp³-hybridized carbons (Fsp3) is 0.810. The van der Waals surface area contributed by atoms with Crippen LogP contribution in [0.25, 0.3) is 0 Å². The van der Waals surface area contributed by atoms with Crippen molar-refractivity contribution in [3.8, 4) is 0 Å². The second-order valence-corrected chi connectivity index (χ2v) is 9.73. The molecule has 168 valence electrons. The van der Waals surface area contributed by atoms with Crippen molar-refractivity contribution in [1.29, 1.82) is 0 Å². The standard InChI is InChI=1S/C21H33N3O6/c1-14-11-23(9-10-29-14)16(25)13-30-17(26)12-24-18(27)21(22-19(24)28)7-5-15(6-8-21)20(2,3)4/h14-15H,5-13H2,1-4H3,(H,22,28). The topological polar surface area (TPSA) is 105 Å². The number of rotatable bonds is 4. The van der Waals surface area contributed by atoms with E-state index in [0.717, 1.165) is 17.7 Å². The number of carbonyl (C=O) groups excluding carboxylic acids is 4. The molecule has 3 fully saturated rings. The first-order valence-corrected chi connectivity index (χ1v) is 10.7. The van der Waals surface area contributed by atoms with Gasteiger partial charge in [-0.2, -0.15) is 0 Å². The van der Waals surface area contributed by atoms with E-state index in [1.807, 2.05) is 6.92 Å². The minimum absolute atomic E-state index is 0.0612. The summed E-state index contributed by atoms with van der Waals surface area (Å²) in [5, 5.41) is 2.81. The Balaban J connectivity index is 1.50. The summed E-state index contributed by atoms with van der Waals surface area (Å²) in [5.74, 6) is -0.966. The molecule has 1 aliphatic carbocycles. The maximum Gasteiger partial charge on any atom is 0.326 e. The number of esters is 1. The van der Waals surface area contributed by atoms with E-state index in [2.05, 4.69) is 26.1 Å². The molecule has 4 amide bonds. The molecule has 9 nitrogen and oxygen atoms in total. The molecule has 2 aliphatic heterocycles. The van der Waals surface area contributed by atoms with Crippen LogP contribution in [0, 0.1) is 11.3 Å². The van der Waals surface area contributed by atoms with Crippen molar-refractivity contribution in [2.45, 2.75) is 65.0 Å². The van der Waals surface area contributed by atoms with Gasteiger partial charge in [-0.05, 0) is 43.9 Å². The van der Waals surface area contributed by atoms with Gasteiger partial charge < -0.3 is 19.7 Å². The molecule has 1 spiro atoms. The fourth-order valence-electron chi connectivity index (χ4n) is 4.59. The highest BCUT2D eigenvalue weighted by Crippen LogP contribution is 2.43. The van der Waals surface area contributed by atoms with E-state index in [-0.39, 0.29) is 23.3 Å². The highest BCUT2D eigenvalue weighted by Gasteiger charge is 2.53. The number of urea groups is 1. The van der Waals surface area contributed by atoms with Crippen LogP contribution in [0.1, 0.15) is 53.4 Å². The van der Waals surface area contributed by atoms with Gasteiger partial charge in [-0.3, -0.25) is 19.3 Å². The predicted octanol–water partition coefficient (Wildman–Crippen LogP) is 1.30. The average Bonchev–Trinajstić information content (AvgIpc) is 2.90. The largest absolute Gasteiger partial charge is 0.454 e. The van der Waals surface area contributed by atoms with Crippen LogP contribution < -0.4 is 5.32 Å². The highest BCUT2D eigenvalue weighted by molar-refractivity contribution is 6.08. The van der Waals surface area contributed by atoms with Crippen molar-refractivity contribution in [3.63, 3.8) is 0 Å². The number of hydrogen-bond acceptors (Lipinski definition) is 6. The van der Waals surface area contributed by atoms with E-state index in [0.29, 0.717) is 38.5 Å². The minimum Gasteiger partial charge on any atom is -0.454 e. The minimum atomic E-state index is -0.918. The van der Waals surface area contributed by atoms with Crippen LogP contribution in [0.2, 0.25) is 0 Å². The second-order valence-electron chi connectivity index (χ2n) is 9.73. The van der Waals surface area contributed by atoms with Gasteiger partial charge in [0.2, 0.25) is 0 Å². The molecular formula is C21H33N3O6. The van der Waals surface area contributed by atoms with Gasteiger partial charge in [-0.25, -0.2) is 4.79 Å². The molecule has 0 aromatic carbocycles. The zero-order valence-corrected chi connectivity index (χ0v) is 18.4. The van der Waals surface area contributed by atoms with Gasteiger partial charge in [0.05, 0.1) is 12.7 Å². The summed E-state index contributed by atoms with van der Waals surface area (Å²) in [4.78, 5) is 52.2. The van der Waals surface area contributed by atoms with E-state index in [4.69, 9.17) is 9.47 Å². The third-order valence-corrected chi connectivity index (χ3v) is 6.55. The summed E-state index contributed by atoms with van der Waals surface area (Å²) in [5.41, 5.74) is -0.763. The van der Waals surface area contributed by atoms with E-state index >= 15 is 0 Å².